The zero-order valence-electron chi connectivity index (χ0n) is 12.5. The smallest absolute Gasteiger partial charge is 0.195 e. The summed E-state index contributed by atoms with van der Waals surface area (Å²) in [5, 5.41) is 10.6. The van der Waals surface area contributed by atoms with Crippen LogP contribution in [0.5, 0.6) is 5.75 Å². The van der Waals surface area contributed by atoms with Gasteiger partial charge in [-0.05, 0) is 29.8 Å². The van der Waals surface area contributed by atoms with Crippen molar-refractivity contribution in [2.45, 2.75) is 18.4 Å². The largest absolute Gasteiger partial charge is 0.496 e. The molecule has 2 aromatic carbocycles. The van der Waals surface area contributed by atoms with Crippen molar-refractivity contribution < 1.29 is 19.4 Å². The maximum atomic E-state index is 12.7. The van der Waals surface area contributed by atoms with Gasteiger partial charge in [0.05, 0.1) is 12.7 Å². The molecule has 0 saturated heterocycles. The molecule has 0 fully saturated rings. The molecule has 0 bridgehead atoms. The number of carbonyl (C=O) groups excluding carboxylic acids is 2. The van der Waals surface area contributed by atoms with Gasteiger partial charge < -0.3 is 9.84 Å². The molecule has 0 amide bonds. The molecule has 0 aliphatic heterocycles. The van der Waals surface area contributed by atoms with Crippen molar-refractivity contribution in [3.8, 4) is 5.75 Å². The van der Waals surface area contributed by atoms with E-state index in [1.54, 1.807) is 42.5 Å². The van der Waals surface area contributed by atoms with Crippen molar-refractivity contribution in [3.05, 3.63) is 63.6 Å². The summed E-state index contributed by atoms with van der Waals surface area (Å²) < 4.78 is 6.00. The van der Waals surface area contributed by atoms with Crippen molar-refractivity contribution in [2.24, 2.45) is 0 Å². The van der Waals surface area contributed by atoms with Crippen molar-refractivity contribution in [2.75, 3.05) is 7.11 Å². The second-order valence-corrected chi connectivity index (χ2v) is 6.39. The number of halogens is 1. The lowest BCUT2D eigenvalue weighted by molar-refractivity contribution is 0.0677. The van der Waals surface area contributed by atoms with E-state index in [2.05, 4.69) is 15.9 Å². The summed E-state index contributed by atoms with van der Waals surface area (Å²) in [5.74, 6) is -0.611. The van der Waals surface area contributed by atoms with E-state index in [1.165, 1.54) is 7.11 Å². The molecular weight excluding hydrogens is 360 g/mol. The molecule has 0 aromatic heterocycles. The molecule has 4 nitrogen and oxygen atoms in total. The van der Waals surface area contributed by atoms with Gasteiger partial charge in [-0.1, -0.05) is 34.1 Å². The minimum Gasteiger partial charge on any atom is -0.496 e. The van der Waals surface area contributed by atoms with Crippen molar-refractivity contribution in [1.82, 2.24) is 0 Å². The summed E-state index contributed by atoms with van der Waals surface area (Å²) in [4.78, 5) is 24.8. The lowest BCUT2D eigenvalue weighted by atomic mass is 9.90. The highest BCUT2D eigenvalue weighted by atomic mass is 79.9. The van der Waals surface area contributed by atoms with Crippen molar-refractivity contribution >= 4 is 27.5 Å². The van der Waals surface area contributed by atoms with E-state index in [0.29, 0.717) is 22.4 Å². The summed E-state index contributed by atoms with van der Waals surface area (Å²) in [6, 6.07) is 12.1. The zero-order chi connectivity index (χ0) is 16.6. The number of methoxy groups -OCH3 is 1. The Morgan fingerprint density at radius 1 is 1.30 bits per heavy atom. The number of para-hydroxylation sites is 1. The molecule has 23 heavy (non-hydrogen) atoms. The fourth-order valence-corrected chi connectivity index (χ4v) is 3.36. The Kier molecular flexibility index (Phi) is 4.33. The molecule has 0 saturated carbocycles. The Morgan fingerprint density at radius 3 is 2.78 bits per heavy atom. The number of aliphatic hydroxyl groups excluding tert-OH is 1. The SMILES string of the molecule is COc1ccccc1C(=O)[C@H](O)[C@H]1CC(=O)c2ccc(Br)cc21. The monoisotopic (exact) mass is 374 g/mol. The number of fused-ring (bicyclic) bond motifs is 1. The first-order valence-corrected chi connectivity index (χ1v) is 8.00. The first kappa shape index (κ1) is 15.9. The van der Waals surface area contributed by atoms with Crippen LogP contribution in [0.4, 0.5) is 0 Å². The fraction of sp³-hybridized carbons (Fsp3) is 0.222. The molecular formula is C18H15BrO4. The highest BCUT2D eigenvalue weighted by molar-refractivity contribution is 9.10. The fourth-order valence-electron chi connectivity index (χ4n) is 2.99. The van der Waals surface area contributed by atoms with Gasteiger partial charge in [-0.2, -0.15) is 0 Å². The van der Waals surface area contributed by atoms with E-state index in [-0.39, 0.29) is 12.2 Å². The minimum atomic E-state index is -1.29. The molecule has 0 heterocycles. The predicted octanol–water partition coefficient (Wildman–Crippen LogP) is 3.37. The third-order valence-electron chi connectivity index (χ3n) is 4.14. The van der Waals surface area contributed by atoms with E-state index < -0.39 is 17.8 Å². The Bertz CT molecular complexity index is 784. The van der Waals surface area contributed by atoms with Crippen LogP contribution in [0.1, 0.15) is 38.6 Å². The molecule has 2 aromatic rings. The average molecular weight is 375 g/mol. The van der Waals surface area contributed by atoms with Crippen LogP contribution in [-0.4, -0.2) is 29.9 Å². The third kappa shape index (κ3) is 2.82. The quantitative estimate of drug-likeness (QED) is 0.833. The van der Waals surface area contributed by atoms with Gasteiger partial charge in [0.25, 0.3) is 0 Å². The van der Waals surface area contributed by atoms with Crippen LogP contribution in [0.15, 0.2) is 46.9 Å². The number of Topliss-reactive ketones (excluding diaryl/α,β-unsaturated/α-hetero) is 2. The summed E-state index contributed by atoms with van der Waals surface area (Å²) >= 11 is 3.37. The maximum absolute atomic E-state index is 12.7. The van der Waals surface area contributed by atoms with Gasteiger partial charge in [0.15, 0.2) is 11.6 Å². The van der Waals surface area contributed by atoms with E-state index in [0.717, 1.165) is 4.47 Å². The molecule has 3 rings (SSSR count). The second kappa shape index (κ2) is 6.26. The molecule has 1 N–H and O–H groups in total. The van der Waals surface area contributed by atoms with Crippen LogP contribution in [0.3, 0.4) is 0 Å². The van der Waals surface area contributed by atoms with Crippen LogP contribution in [0, 0.1) is 0 Å². The Labute approximate surface area is 142 Å². The molecule has 1 aliphatic carbocycles. The molecule has 0 radical (unpaired) electrons. The molecule has 5 heteroatoms. The third-order valence-corrected chi connectivity index (χ3v) is 4.63. The summed E-state index contributed by atoms with van der Waals surface area (Å²) in [5.41, 5.74) is 1.60. The van der Waals surface area contributed by atoms with Gasteiger partial charge in [0, 0.05) is 22.4 Å². The van der Waals surface area contributed by atoms with Gasteiger partial charge in [-0.25, -0.2) is 0 Å². The molecule has 0 unspecified atom stereocenters. The lowest BCUT2D eigenvalue weighted by Gasteiger charge is -2.18. The standard InChI is InChI=1S/C18H15BrO4/c1-23-16-5-3-2-4-12(16)17(21)18(22)14-9-15(20)11-7-6-10(19)8-13(11)14/h2-8,14,18,22H,9H2,1H3/t14-,18+/m0/s1. The summed E-state index contributed by atoms with van der Waals surface area (Å²) in [6.07, 6.45) is -1.15. The topological polar surface area (TPSA) is 63.6 Å². The molecule has 118 valence electrons. The van der Waals surface area contributed by atoms with Crippen LogP contribution in [0.25, 0.3) is 0 Å². The van der Waals surface area contributed by atoms with Crippen molar-refractivity contribution in [3.63, 3.8) is 0 Å². The number of rotatable bonds is 4. The lowest BCUT2D eigenvalue weighted by Crippen LogP contribution is -2.27. The van der Waals surface area contributed by atoms with Gasteiger partial charge in [-0.15, -0.1) is 0 Å². The Balaban J connectivity index is 1.96. The highest BCUT2D eigenvalue weighted by Crippen LogP contribution is 2.38. The van der Waals surface area contributed by atoms with E-state index in [4.69, 9.17) is 4.74 Å². The van der Waals surface area contributed by atoms with Crippen molar-refractivity contribution in [1.29, 1.82) is 0 Å². The van der Waals surface area contributed by atoms with E-state index in [9.17, 15) is 14.7 Å². The summed E-state index contributed by atoms with van der Waals surface area (Å²) in [7, 11) is 1.48. The van der Waals surface area contributed by atoms with Crippen LogP contribution in [-0.2, 0) is 0 Å². The Hall–Kier alpha value is -1.98. The van der Waals surface area contributed by atoms with Gasteiger partial charge in [-0.3, -0.25) is 9.59 Å². The van der Waals surface area contributed by atoms with Gasteiger partial charge in [0.1, 0.15) is 11.9 Å². The van der Waals surface area contributed by atoms with E-state index >= 15 is 0 Å². The van der Waals surface area contributed by atoms with Crippen LogP contribution >= 0.6 is 15.9 Å². The summed E-state index contributed by atoms with van der Waals surface area (Å²) in [6.45, 7) is 0. The van der Waals surface area contributed by atoms with Gasteiger partial charge >= 0.3 is 0 Å². The van der Waals surface area contributed by atoms with Crippen LogP contribution in [0.2, 0.25) is 0 Å². The number of hydrogen-bond acceptors (Lipinski definition) is 4. The molecule has 0 spiro atoms. The number of aliphatic hydroxyl groups is 1. The highest BCUT2D eigenvalue weighted by Gasteiger charge is 2.38. The second-order valence-electron chi connectivity index (χ2n) is 5.47. The van der Waals surface area contributed by atoms with Gasteiger partial charge in [0.2, 0.25) is 0 Å². The van der Waals surface area contributed by atoms with E-state index in [1.807, 2.05) is 0 Å². The normalized spacial score (nSPS) is 17.7. The van der Waals surface area contributed by atoms with Crippen LogP contribution < -0.4 is 4.74 Å². The molecule has 2 atom stereocenters. The first-order chi connectivity index (χ1) is 11.0. The number of ether oxygens (including phenoxy) is 1. The number of hydrogen-bond donors (Lipinski definition) is 1. The number of carbonyl (C=O) groups is 2. The Morgan fingerprint density at radius 2 is 2.04 bits per heavy atom. The number of benzene rings is 2. The maximum Gasteiger partial charge on any atom is 0.195 e. The minimum absolute atomic E-state index is 0.0515. The number of ketones is 2. The predicted molar refractivity (Wildman–Crippen MR) is 89.2 cm³/mol. The zero-order valence-corrected chi connectivity index (χ0v) is 14.0. The first-order valence-electron chi connectivity index (χ1n) is 7.21. The average Bonchev–Trinajstić information content (AvgIpc) is 2.89. The molecule has 1 aliphatic rings.